The van der Waals surface area contributed by atoms with Crippen LogP contribution in [0.15, 0.2) is 0 Å². The van der Waals surface area contributed by atoms with E-state index in [2.05, 4.69) is 25.6 Å². The van der Waals surface area contributed by atoms with Crippen LogP contribution < -0.4 is 15.5 Å². The molecule has 1 atom stereocenters. The van der Waals surface area contributed by atoms with Crippen LogP contribution in [0.2, 0.25) is 0 Å². The van der Waals surface area contributed by atoms with E-state index in [-0.39, 0.29) is 5.95 Å². The minimum absolute atomic E-state index is 0.122. The van der Waals surface area contributed by atoms with Gasteiger partial charge in [0.25, 0.3) is 0 Å². The first kappa shape index (κ1) is 16.3. The van der Waals surface area contributed by atoms with Crippen molar-refractivity contribution >= 4 is 17.8 Å². The molecule has 0 saturated heterocycles. The summed E-state index contributed by atoms with van der Waals surface area (Å²) in [5, 5.41) is 5.56. The van der Waals surface area contributed by atoms with E-state index in [9.17, 15) is 13.2 Å². The van der Waals surface area contributed by atoms with Crippen LogP contribution in [-0.2, 0) is 0 Å². The molecule has 0 amide bonds. The van der Waals surface area contributed by atoms with Crippen molar-refractivity contribution in [1.82, 2.24) is 15.0 Å². The van der Waals surface area contributed by atoms with E-state index in [0.29, 0.717) is 18.4 Å². The van der Waals surface area contributed by atoms with Crippen molar-refractivity contribution in [3.8, 4) is 0 Å². The summed E-state index contributed by atoms with van der Waals surface area (Å²) < 4.78 is 36.9. The smallest absolute Gasteiger partial charge is 0.354 e. The fraction of sp³-hybridized carbons (Fsp3) is 0.727. The first-order valence-electron chi connectivity index (χ1n) is 6.22. The summed E-state index contributed by atoms with van der Waals surface area (Å²) in [7, 11) is 3.49. The Morgan fingerprint density at radius 3 is 2.25 bits per heavy atom. The van der Waals surface area contributed by atoms with Gasteiger partial charge in [0.15, 0.2) is 0 Å². The zero-order chi connectivity index (χ0) is 15.3. The van der Waals surface area contributed by atoms with Gasteiger partial charge in [-0.15, -0.1) is 0 Å². The van der Waals surface area contributed by atoms with Gasteiger partial charge in [0.2, 0.25) is 17.8 Å². The number of rotatable bonds is 6. The van der Waals surface area contributed by atoms with Crippen LogP contribution >= 0.6 is 0 Å². The van der Waals surface area contributed by atoms with Crippen molar-refractivity contribution in [2.24, 2.45) is 0 Å². The fourth-order valence-electron chi connectivity index (χ4n) is 1.49. The van der Waals surface area contributed by atoms with E-state index in [1.807, 2.05) is 6.92 Å². The molecular formula is C11H19F3N6. The predicted octanol–water partition coefficient (Wildman–Crippen LogP) is 2.12. The molecule has 114 valence electrons. The summed E-state index contributed by atoms with van der Waals surface area (Å²) in [6.45, 7) is 3.91. The summed E-state index contributed by atoms with van der Waals surface area (Å²) >= 11 is 0. The molecule has 1 aromatic rings. The average Bonchev–Trinajstić information content (AvgIpc) is 2.26. The molecule has 2 N–H and O–H groups in total. The van der Waals surface area contributed by atoms with Crippen LogP contribution in [-0.4, -0.2) is 47.8 Å². The van der Waals surface area contributed by atoms with Gasteiger partial charge in [-0.25, -0.2) is 0 Å². The average molecular weight is 292 g/mol. The molecule has 1 heterocycles. The SMILES string of the molecule is CCNc1nc(NC(C)CC(F)(F)F)nc(N(C)C)n1. The van der Waals surface area contributed by atoms with E-state index < -0.39 is 18.6 Å². The Balaban J connectivity index is 2.87. The normalized spacial score (nSPS) is 12.9. The third kappa shape index (κ3) is 5.45. The Kier molecular flexibility index (Phi) is 5.34. The molecule has 0 aromatic carbocycles. The summed E-state index contributed by atoms with van der Waals surface area (Å²) in [5.74, 6) is 0.821. The van der Waals surface area contributed by atoms with Crippen LogP contribution in [0.25, 0.3) is 0 Å². The Bertz CT molecular complexity index is 435. The van der Waals surface area contributed by atoms with Gasteiger partial charge in [-0.3, -0.25) is 0 Å². The van der Waals surface area contributed by atoms with E-state index in [0.717, 1.165) is 0 Å². The van der Waals surface area contributed by atoms with Crippen LogP contribution in [0.5, 0.6) is 0 Å². The topological polar surface area (TPSA) is 66.0 Å². The van der Waals surface area contributed by atoms with Crippen molar-refractivity contribution in [2.75, 3.05) is 36.2 Å². The van der Waals surface area contributed by atoms with Gasteiger partial charge in [0, 0.05) is 26.7 Å². The van der Waals surface area contributed by atoms with Gasteiger partial charge in [-0.05, 0) is 13.8 Å². The van der Waals surface area contributed by atoms with Gasteiger partial charge < -0.3 is 15.5 Å². The van der Waals surface area contributed by atoms with Crippen LogP contribution in [0.1, 0.15) is 20.3 Å². The molecule has 0 aliphatic heterocycles. The molecule has 0 aliphatic carbocycles. The van der Waals surface area contributed by atoms with Crippen LogP contribution in [0.4, 0.5) is 31.0 Å². The summed E-state index contributed by atoms with van der Waals surface area (Å²) in [6.07, 6.45) is -5.18. The molecule has 0 fully saturated rings. The first-order valence-corrected chi connectivity index (χ1v) is 6.22. The molecule has 0 aliphatic rings. The van der Waals surface area contributed by atoms with E-state index >= 15 is 0 Å². The number of hydrogen-bond donors (Lipinski definition) is 2. The summed E-state index contributed by atoms with van der Waals surface area (Å²) in [5.41, 5.74) is 0. The van der Waals surface area contributed by atoms with E-state index in [4.69, 9.17) is 0 Å². The number of hydrogen-bond acceptors (Lipinski definition) is 6. The molecule has 6 nitrogen and oxygen atoms in total. The highest BCUT2D eigenvalue weighted by atomic mass is 19.4. The zero-order valence-corrected chi connectivity index (χ0v) is 11.9. The Morgan fingerprint density at radius 1 is 1.15 bits per heavy atom. The number of aromatic nitrogens is 3. The lowest BCUT2D eigenvalue weighted by atomic mass is 10.2. The number of nitrogens with zero attached hydrogens (tertiary/aromatic N) is 4. The van der Waals surface area contributed by atoms with Gasteiger partial charge in [-0.2, -0.15) is 28.1 Å². The molecule has 1 rings (SSSR count). The number of nitrogens with one attached hydrogen (secondary N) is 2. The van der Waals surface area contributed by atoms with Gasteiger partial charge in [-0.1, -0.05) is 0 Å². The molecule has 9 heteroatoms. The molecule has 1 unspecified atom stereocenters. The maximum Gasteiger partial charge on any atom is 0.391 e. The van der Waals surface area contributed by atoms with Gasteiger partial charge >= 0.3 is 6.18 Å². The molecule has 0 bridgehead atoms. The molecule has 0 radical (unpaired) electrons. The zero-order valence-electron chi connectivity index (χ0n) is 11.9. The second-order valence-electron chi connectivity index (χ2n) is 4.57. The lowest BCUT2D eigenvalue weighted by Gasteiger charge is -2.18. The predicted molar refractivity (Wildman–Crippen MR) is 72.1 cm³/mol. The largest absolute Gasteiger partial charge is 0.391 e. The van der Waals surface area contributed by atoms with Crippen molar-refractivity contribution < 1.29 is 13.2 Å². The third-order valence-electron chi connectivity index (χ3n) is 2.27. The van der Waals surface area contributed by atoms with Crippen molar-refractivity contribution in [1.29, 1.82) is 0 Å². The second-order valence-corrected chi connectivity index (χ2v) is 4.57. The molecular weight excluding hydrogens is 273 g/mol. The third-order valence-corrected chi connectivity index (χ3v) is 2.27. The lowest BCUT2D eigenvalue weighted by Crippen LogP contribution is -2.26. The van der Waals surface area contributed by atoms with Crippen LogP contribution in [0, 0.1) is 0 Å². The second kappa shape index (κ2) is 6.58. The minimum Gasteiger partial charge on any atom is -0.354 e. The van der Waals surface area contributed by atoms with Crippen LogP contribution in [0.3, 0.4) is 0 Å². The van der Waals surface area contributed by atoms with Crippen molar-refractivity contribution in [2.45, 2.75) is 32.5 Å². The Labute approximate surface area is 115 Å². The van der Waals surface area contributed by atoms with E-state index in [1.54, 1.807) is 19.0 Å². The maximum absolute atomic E-state index is 12.3. The lowest BCUT2D eigenvalue weighted by molar-refractivity contribution is -0.136. The van der Waals surface area contributed by atoms with Crippen molar-refractivity contribution in [3.05, 3.63) is 0 Å². The quantitative estimate of drug-likeness (QED) is 0.837. The molecule has 0 saturated carbocycles. The summed E-state index contributed by atoms with van der Waals surface area (Å²) in [6, 6.07) is -0.818. The standard InChI is InChI=1S/C11H19F3N6/c1-5-15-8-17-9(19-10(18-8)20(3)4)16-7(2)6-11(12,13)14/h7H,5-6H2,1-4H3,(H2,15,16,17,18,19). The fourth-order valence-corrected chi connectivity index (χ4v) is 1.49. The van der Waals surface area contributed by atoms with E-state index in [1.165, 1.54) is 6.92 Å². The maximum atomic E-state index is 12.3. The minimum atomic E-state index is -4.23. The van der Waals surface area contributed by atoms with Crippen molar-refractivity contribution in [3.63, 3.8) is 0 Å². The highest BCUT2D eigenvalue weighted by molar-refractivity contribution is 5.43. The molecule has 0 spiro atoms. The highest BCUT2D eigenvalue weighted by Crippen LogP contribution is 2.23. The molecule has 1 aromatic heterocycles. The number of halogens is 3. The summed E-state index contributed by atoms with van der Waals surface area (Å²) in [4.78, 5) is 13.9. The Morgan fingerprint density at radius 2 is 1.75 bits per heavy atom. The molecule has 20 heavy (non-hydrogen) atoms. The monoisotopic (exact) mass is 292 g/mol. The Hall–Kier alpha value is -1.80. The number of alkyl halides is 3. The number of anilines is 3. The van der Waals surface area contributed by atoms with Gasteiger partial charge in [0.05, 0.1) is 6.42 Å². The first-order chi connectivity index (χ1) is 9.21. The van der Waals surface area contributed by atoms with Gasteiger partial charge in [0.1, 0.15) is 0 Å². The highest BCUT2D eigenvalue weighted by Gasteiger charge is 2.30.